The Hall–Kier alpha value is -2.18. The summed E-state index contributed by atoms with van der Waals surface area (Å²) >= 11 is 5.90. The van der Waals surface area contributed by atoms with Gasteiger partial charge in [0, 0.05) is 30.6 Å². The fraction of sp³-hybridized carbons (Fsp3) is 0.450. The maximum atomic E-state index is 12.7. The van der Waals surface area contributed by atoms with Crippen LogP contribution >= 0.6 is 11.6 Å². The Balaban J connectivity index is 1.77. The first-order valence-corrected chi connectivity index (χ1v) is 9.68. The molecule has 0 spiro atoms. The summed E-state index contributed by atoms with van der Waals surface area (Å²) < 4.78 is 5.40. The van der Waals surface area contributed by atoms with E-state index in [0.29, 0.717) is 30.5 Å². The van der Waals surface area contributed by atoms with Crippen LogP contribution in [0, 0.1) is 0 Å². The number of carbonyl (C=O) groups excluding carboxylic acids is 1. The highest BCUT2D eigenvalue weighted by molar-refractivity contribution is 6.30. The van der Waals surface area contributed by atoms with Gasteiger partial charge in [0.25, 0.3) is 5.91 Å². The SMILES string of the molecule is CCC(C)c1nc(N2CCOCC2)cnc1C(=O)NCc1ccc(Cl)cc1. The Kier molecular flexibility index (Phi) is 6.63. The maximum Gasteiger partial charge on any atom is 0.272 e. The van der Waals surface area contributed by atoms with Crippen LogP contribution in [-0.4, -0.2) is 42.2 Å². The van der Waals surface area contributed by atoms with Gasteiger partial charge in [0.15, 0.2) is 0 Å². The molecule has 6 nitrogen and oxygen atoms in total. The molecule has 3 rings (SSSR count). The molecule has 1 unspecified atom stereocenters. The summed E-state index contributed by atoms with van der Waals surface area (Å²) in [6, 6.07) is 7.41. The summed E-state index contributed by atoms with van der Waals surface area (Å²) in [7, 11) is 0. The third-order valence-electron chi connectivity index (χ3n) is 4.78. The molecule has 1 saturated heterocycles. The van der Waals surface area contributed by atoms with E-state index in [9.17, 15) is 4.79 Å². The van der Waals surface area contributed by atoms with Crippen LogP contribution in [0.5, 0.6) is 0 Å². The van der Waals surface area contributed by atoms with Crippen LogP contribution in [0.15, 0.2) is 30.5 Å². The summed E-state index contributed by atoms with van der Waals surface area (Å²) in [5, 5.41) is 3.61. The molecule has 1 amide bonds. The monoisotopic (exact) mass is 388 g/mol. The van der Waals surface area contributed by atoms with Crippen molar-refractivity contribution < 1.29 is 9.53 Å². The van der Waals surface area contributed by atoms with E-state index in [1.165, 1.54) is 0 Å². The molecule has 2 heterocycles. The van der Waals surface area contributed by atoms with Gasteiger partial charge < -0.3 is 15.0 Å². The van der Waals surface area contributed by atoms with E-state index >= 15 is 0 Å². The highest BCUT2D eigenvalue weighted by atomic mass is 35.5. The molecule has 2 aromatic rings. The summed E-state index contributed by atoms with van der Waals surface area (Å²) in [5.41, 5.74) is 2.13. The number of nitrogens with zero attached hydrogens (tertiary/aromatic N) is 3. The first-order chi connectivity index (χ1) is 13.1. The van der Waals surface area contributed by atoms with Crippen LogP contribution in [0.3, 0.4) is 0 Å². The van der Waals surface area contributed by atoms with Gasteiger partial charge in [-0.1, -0.05) is 37.6 Å². The molecule has 1 aromatic heterocycles. The zero-order chi connectivity index (χ0) is 19.2. The molecule has 0 aliphatic carbocycles. The van der Waals surface area contributed by atoms with Crippen LogP contribution in [0.4, 0.5) is 5.82 Å². The molecule has 0 bridgehead atoms. The molecule has 1 fully saturated rings. The number of hydrogen-bond donors (Lipinski definition) is 1. The fourth-order valence-corrected chi connectivity index (χ4v) is 3.04. The van der Waals surface area contributed by atoms with Crippen molar-refractivity contribution in [1.82, 2.24) is 15.3 Å². The normalized spacial score (nSPS) is 15.4. The molecule has 0 saturated carbocycles. The minimum absolute atomic E-state index is 0.148. The van der Waals surface area contributed by atoms with E-state index in [2.05, 4.69) is 29.0 Å². The molecule has 1 aromatic carbocycles. The van der Waals surface area contributed by atoms with Crippen molar-refractivity contribution >= 4 is 23.3 Å². The highest BCUT2D eigenvalue weighted by Gasteiger charge is 2.22. The fourth-order valence-electron chi connectivity index (χ4n) is 2.92. The van der Waals surface area contributed by atoms with Gasteiger partial charge in [-0.2, -0.15) is 0 Å². The molecule has 1 aliphatic heterocycles. The van der Waals surface area contributed by atoms with E-state index in [-0.39, 0.29) is 11.8 Å². The molecular weight excluding hydrogens is 364 g/mol. The van der Waals surface area contributed by atoms with Crippen molar-refractivity contribution in [2.24, 2.45) is 0 Å². The second-order valence-corrected chi connectivity index (χ2v) is 7.12. The number of carbonyl (C=O) groups is 1. The molecule has 1 aliphatic rings. The number of benzene rings is 1. The van der Waals surface area contributed by atoms with E-state index in [1.54, 1.807) is 6.20 Å². The maximum absolute atomic E-state index is 12.7. The second kappa shape index (κ2) is 9.15. The Bertz CT molecular complexity index is 776. The zero-order valence-electron chi connectivity index (χ0n) is 15.7. The molecular formula is C20H25ClN4O2. The van der Waals surface area contributed by atoms with Gasteiger partial charge in [-0.3, -0.25) is 4.79 Å². The predicted molar refractivity (Wildman–Crippen MR) is 106 cm³/mol. The van der Waals surface area contributed by atoms with Crippen molar-refractivity contribution in [3.63, 3.8) is 0 Å². The van der Waals surface area contributed by atoms with Gasteiger partial charge in [-0.25, -0.2) is 9.97 Å². The smallest absolute Gasteiger partial charge is 0.272 e. The minimum atomic E-state index is -0.207. The molecule has 0 radical (unpaired) electrons. The molecule has 1 N–H and O–H groups in total. The predicted octanol–water partition coefficient (Wildman–Crippen LogP) is 3.41. The number of nitrogens with one attached hydrogen (secondary N) is 1. The van der Waals surface area contributed by atoms with Crippen molar-refractivity contribution in [2.75, 3.05) is 31.2 Å². The Morgan fingerprint density at radius 1 is 1.30 bits per heavy atom. The molecule has 144 valence electrons. The van der Waals surface area contributed by atoms with Crippen molar-refractivity contribution in [1.29, 1.82) is 0 Å². The van der Waals surface area contributed by atoms with Gasteiger partial charge in [0.2, 0.25) is 0 Å². The number of amides is 1. The zero-order valence-corrected chi connectivity index (χ0v) is 16.5. The largest absolute Gasteiger partial charge is 0.378 e. The van der Waals surface area contributed by atoms with Crippen LogP contribution < -0.4 is 10.2 Å². The number of halogens is 1. The summed E-state index contributed by atoms with van der Waals surface area (Å²) in [4.78, 5) is 24.1. The number of rotatable bonds is 6. The summed E-state index contributed by atoms with van der Waals surface area (Å²) in [5.74, 6) is 0.749. The van der Waals surface area contributed by atoms with Crippen LogP contribution in [0.2, 0.25) is 5.02 Å². The second-order valence-electron chi connectivity index (χ2n) is 6.68. The lowest BCUT2D eigenvalue weighted by Crippen LogP contribution is -2.37. The third kappa shape index (κ3) is 4.96. The van der Waals surface area contributed by atoms with Crippen LogP contribution in [-0.2, 0) is 11.3 Å². The van der Waals surface area contributed by atoms with Crippen LogP contribution in [0.1, 0.15) is 47.9 Å². The third-order valence-corrected chi connectivity index (χ3v) is 5.03. The first-order valence-electron chi connectivity index (χ1n) is 9.30. The lowest BCUT2D eigenvalue weighted by atomic mass is 10.0. The Morgan fingerprint density at radius 3 is 2.67 bits per heavy atom. The van der Waals surface area contributed by atoms with E-state index < -0.39 is 0 Å². The number of hydrogen-bond acceptors (Lipinski definition) is 5. The minimum Gasteiger partial charge on any atom is -0.378 e. The van der Waals surface area contributed by atoms with Gasteiger partial charge in [-0.15, -0.1) is 0 Å². The van der Waals surface area contributed by atoms with E-state index in [0.717, 1.165) is 36.6 Å². The van der Waals surface area contributed by atoms with Crippen molar-refractivity contribution in [3.8, 4) is 0 Å². The van der Waals surface area contributed by atoms with Crippen molar-refractivity contribution in [3.05, 3.63) is 52.4 Å². The topological polar surface area (TPSA) is 67.3 Å². The average Bonchev–Trinajstić information content (AvgIpc) is 2.72. The van der Waals surface area contributed by atoms with Gasteiger partial charge >= 0.3 is 0 Å². The van der Waals surface area contributed by atoms with Gasteiger partial charge in [0.05, 0.1) is 25.1 Å². The average molecular weight is 389 g/mol. The lowest BCUT2D eigenvalue weighted by Gasteiger charge is -2.28. The Labute approximate surface area is 164 Å². The molecule has 27 heavy (non-hydrogen) atoms. The van der Waals surface area contributed by atoms with E-state index in [1.807, 2.05) is 24.3 Å². The van der Waals surface area contributed by atoms with Crippen molar-refractivity contribution in [2.45, 2.75) is 32.7 Å². The number of anilines is 1. The number of aromatic nitrogens is 2. The quantitative estimate of drug-likeness (QED) is 0.821. The summed E-state index contributed by atoms with van der Waals surface area (Å²) in [6.45, 7) is 7.52. The van der Waals surface area contributed by atoms with Gasteiger partial charge in [-0.05, 0) is 24.1 Å². The Morgan fingerprint density at radius 2 is 2.00 bits per heavy atom. The van der Waals surface area contributed by atoms with Gasteiger partial charge in [0.1, 0.15) is 11.5 Å². The molecule has 7 heteroatoms. The number of ether oxygens (including phenoxy) is 1. The van der Waals surface area contributed by atoms with E-state index in [4.69, 9.17) is 21.3 Å². The molecule has 1 atom stereocenters. The highest BCUT2D eigenvalue weighted by Crippen LogP contribution is 2.23. The lowest BCUT2D eigenvalue weighted by molar-refractivity contribution is 0.0943. The first kappa shape index (κ1) is 19.6. The van der Waals surface area contributed by atoms with Crippen LogP contribution in [0.25, 0.3) is 0 Å². The standard InChI is InChI=1S/C20H25ClN4O2/c1-3-14(2)18-19(20(26)23-12-15-4-6-16(21)7-5-15)22-13-17(24-18)25-8-10-27-11-9-25/h4-7,13-14H,3,8-12H2,1-2H3,(H,23,26). The summed E-state index contributed by atoms with van der Waals surface area (Å²) in [6.07, 6.45) is 2.58. The number of morpholine rings is 1.